The summed E-state index contributed by atoms with van der Waals surface area (Å²) in [7, 11) is 3.03. The summed E-state index contributed by atoms with van der Waals surface area (Å²) in [6.45, 7) is 0.382. The number of thioether (sulfide) groups is 1. The maximum Gasteiger partial charge on any atom is 0.258 e. The van der Waals surface area contributed by atoms with E-state index in [2.05, 4.69) is 20.3 Å². The van der Waals surface area contributed by atoms with Crippen molar-refractivity contribution in [1.29, 1.82) is 0 Å². The second kappa shape index (κ2) is 9.23. The number of carbonyl (C=O) groups excluding carboxylic acids is 1. The standard InChI is InChI=1S/C19H20N4O4S/c1-26-15-7-13-14(8-16(15)27-2)22-17(23-19(13)25)10-28-11-18(24)21-9-12-5-3-4-6-20-12/h3-8H,9-11H2,1-2H3,(H,21,24)(H,22,23,25). The quantitative estimate of drug-likeness (QED) is 0.595. The summed E-state index contributed by atoms with van der Waals surface area (Å²) in [5.41, 5.74) is 1.04. The molecule has 0 saturated heterocycles. The van der Waals surface area contributed by atoms with Gasteiger partial charge in [-0.1, -0.05) is 6.07 Å². The fourth-order valence-electron chi connectivity index (χ4n) is 2.57. The number of H-pyrrole nitrogens is 1. The van der Waals surface area contributed by atoms with Gasteiger partial charge in [0.05, 0.1) is 48.9 Å². The summed E-state index contributed by atoms with van der Waals surface area (Å²) in [6.07, 6.45) is 1.68. The Kier molecular flexibility index (Phi) is 6.49. The van der Waals surface area contributed by atoms with Crippen molar-refractivity contribution < 1.29 is 14.3 Å². The first-order valence-corrected chi connectivity index (χ1v) is 9.65. The lowest BCUT2D eigenvalue weighted by Gasteiger charge is -2.09. The minimum absolute atomic E-state index is 0.106. The molecule has 0 aliphatic rings. The number of methoxy groups -OCH3 is 2. The van der Waals surface area contributed by atoms with Crippen LogP contribution in [0.3, 0.4) is 0 Å². The normalized spacial score (nSPS) is 10.6. The number of nitrogens with one attached hydrogen (secondary N) is 2. The fourth-order valence-corrected chi connectivity index (χ4v) is 3.29. The van der Waals surface area contributed by atoms with Crippen molar-refractivity contribution in [2.45, 2.75) is 12.3 Å². The molecule has 3 rings (SSSR count). The van der Waals surface area contributed by atoms with E-state index in [4.69, 9.17) is 9.47 Å². The first-order valence-electron chi connectivity index (χ1n) is 8.50. The number of rotatable bonds is 8. The highest BCUT2D eigenvalue weighted by molar-refractivity contribution is 7.99. The Morgan fingerprint density at radius 2 is 2.00 bits per heavy atom. The monoisotopic (exact) mass is 400 g/mol. The van der Waals surface area contributed by atoms with E-state index in [1.165, 1.54) is 26.0 Å². The van der Waals surface area contributed by atoms with Crippen LogP contribution in [0.2, 0.25) is 0 Å². The summed E-state index contributed by atoms with van der Waals surface area (Å²) in [5.74, 6) is 2.00. The second-order valence-corrected chi connectivity index (χ2v) is 6.81. The highest BCUT2D eigenvalue weighted by Gasteiger charge is 2.11. The molecule has 0 saturated carbocycles. The number of hydrogen-bond acceptors (Lipinski definition) is 7. The van der Waals surface area contributed by atoms with E-state index in [1.807, 2.05) is 18.2 Å². The van der Waals surface area contributed by atoms with Gasteiger partial charge in [0.2, 0.25) is 5.91 Å². The summed E-state index contributed by atoms with van der Waals surface area (Å²) < 4.78 is 10.5. The summed E-state index contributed by atoms with van der Waals surface area (Å²) >= 11 is 1.36. The molecule has 3 aromatic rings. The van der Waals surface area contributed by atoms with Crippen LogP contribution in [0, 0.1) is 0 Å². The van der Waals surface area contributed by atoms with Crippen LogP contribution in [0.4, 0.5) is 0 Å². The molecule has 0 aliphatic carbocycles. The van der Waals surface area contributed by atoms with Gasteiger partial charge < -0.3 is 19.8 Å². The smallest absolute Gasteiger partial charge is 0.258 e. The van der Waals surface area contributed by atoms with Crippen LogP contribution >= 0.6 is 11.8 Å². The van der Waals surface area contributed by atoms with Gasteiger partial charge in [-0.3, -0.25) is 14.6 Å². The van der Waals surface area contributed by atoms with Crippen molar-refractivity contribution in [1.82, 2.24) is 20.3 Å². The van der Waals surface area contributed by atoms with Crippen molar-refractivity contribution in [3.63, 3.8) is 0 Å². The predicted octanol–water partition coefficient (Wildman–Crippen LogP) is 1.88. The third-order valence-electron chi connectivity index (χ3n) is 3.92. The zero-order valence-corrected chi connectivity index (χ0v) is 16.3. The highest BCUT2D eigenvalue weighted by Crippen LogP contribution is 2.30. The molecule has 0 radical (unpaired) electrons. The minimum Gasteiger partial charge on any atom is -0.493 e. The molecule has 0 fully saturated rings. The van der Waals surface area contributed by atoms with Gasteiger partial charge in [-0.2, -0.15) is 0 Å². The van der Waals surface area contributed by atoms with E-state index in [0.29, 0.717) is 40.5 Å². The second-order valence-electron chi connectivity index (χ2n) is 5.83. The van der Waals surface area contributed by atoms with E-state index < -0.39 is 0 Å². The van der Waals surface area contributed by atoms with E-state index in [-0.39, 0.29) is 17.2 Å². The van der Waals surface area contributed by atoms with Crippen LogP contribution in [0.15, 0.2) is 41.3 Å². The number of benzene rings is 1. The molecular weight excluding hydrogens is 380 g/mol. The van der Waals surface area contributed by atoms with E-state index in [1.54, 1.807) is 18.3 Å². The molecule has 1 amide bonds. The number of hydrogen-bond donors (Lipinski definition) is 2. The fraction of sp³-hybridized carbons (Fsp3) is 0.263. The van der Waals surface area contributed by atoms with Crippen LogP contribution in [0.25, 0.3) is 10.9 Å². The Hall–Kier alpha value is -3.07. The maximum atomic E-state index is 12.3. The highest BCUT2D eigenvalue weighted by atomic mass is 32.2. The number of fused-ring (bicyclic) bond motifs is 1. The largest absolute Gasteiger partial charge is 0.493 e. The Labute approximate surface area is 165 Å². The summed E-state index contributed by atoms with van der Waals surface area (Å²) in [4.78, 5) is 35.6. The van der Waals surface area contributed by atoms with Gasteiger partial charge in [-0.05, 0) is 18.2 Å². The van der Waals surface area contributed by atoms with Crippen LogP contribution in [-0.4, -0.2) is 40.8 Å². The van der Waals surface area contributed by atoms with Gasteiger partial charge in [0.1, 0.15) is 5.82 Å². The van der Waals surface area contributed by atoms with E-state index >= 15 is 0 Å². The number of ether oxygens (including phenoxy) is 2. The molecule has 28 heavy (non-hydrogen) atoms. The van der Waals surface area contributed by atoms with Crippen LogP contribution in [0.1, 0.15) is 11.5 Å². The van der Waals surface area contributed by atoms with Gasteiger partial charge in [-0.15, -0.1) is 11.8 Å². The lowest BCUT2D eigenvalue weighted by atomic mass is 10.2. The predicted molar refractivity (Wildman–Crippen MR) is 108 cm³/mol. The molecule has 2 N–H and O–H groups in total. The lowest BCUT2D eigenvalue weighted by Crippen LogP contribution is -2.25. The van der Waals surface area contributed by atoms with Crippen molar-refractivity contribution in [2.75, 3.05) is 20.0 Å². The van der Waals surface area contributed by atoms with Crippen LogP contribution in [-0.2, 0) is 17.1 Å². The molecule has 2 aromatic heterocycles. The lowest BCUT2D eigenvalue weighted by molar-refractivity contribution is -0.118. The summed E-state index contributed by atoms with van der Waals surface area (Å²) in [6, 6.07) is 8.80. The van der Waals surface area contributed by atoms with E-state index in [9.17, 15) is 9.59 Å². The number of nitrogens with zero attached hydrogens (tertiary/aromatic N) is 2. The number of aromatic amines is 1. The molecular formula is C19H20N4O4S. The third kappa shape index (κ3) is 4.80. The summed E-state index contributed by atoms with van der Waals surface area (Å²) in [5, 5.41) is 3.23. The van der Waals surface area contributed by atoms with Gasteiger partial charge in [0.15, 0.2) is 11.5 Å². The Balaban J connectivity index is 1.61. The van der Waals surface area contributed by atoms with Gasteiger partial charge in [0, 0.05) is 12.3 Å². The number of amides is 1. The molecule has 1 aromatic carbocycles. The number of aromatic nitrogens is 3. The van der Waals surface area contributed by atoms with Gasteiger partial charge in [0.25, 0.3) is 5.56 Å². The molecule has 0 aliphatic heterocycles. The molecule has 146 valence electrons. The first-order chi connectivity index (χ1) is 13.6. The average Bonchev–Trinajstić information content (AvgIpc) is 2.72. The van der Waals surface area contributed by atoms with Crippen molar-refractivity contribution in [2.24, 2.45) is 0 Å². The van der Waals surface area contributed by atoms with Gasteiger partial charge in [-0.25, -0.2) is 4.98 Å². The molecule has 9 heteroatoms. The topological polar surface area (TPSA) is 106 Å². The maximum absolute atomic E-state index is 12.3. The molecule has 2 heterocycles. The Morgan fingerprint density at radius 3 is 2.71 bits per heavy atom. The van der Waals surface area contributed by atoms with Gasteiger partial charge >= 0.3 is 0 Å². The van der Waals surface area contributed by atoms with Crippen LogP contribution < -0.4 is 20.3 Å². The molecule has 0 spiro atoms. The van der Waals surface area contributed by atoms with Crippen molar-refractivity contribution in [3.05, 3.63) is 58.4 Å². The van der Waals surface area contributed by atoms with Crippen molar-refractivity contribution >= 4 is 28.6 Å². The van der Waals surface area contributed by atoms with E-state index in [0.717, 1.165) is 5.69 Å². The molecule has 0 unspecified atom stereocenters. The molecule has 0 atom stereocenters. The minimum atomic E-state index is -0.263. The SMILES string of the molecule is COc1cc2nc(CSCC(=O)NCc3ccccn3)[nH]c(=O)c2cc1OC. The molecule has 0 bridgehead atoms. The average molecular weight is 400 g/mol. The number of pyridine rings is 1. The Morgan fingerprint density at radius 1 is 1.21 bits per heavy atom. The Bertz CT molecular complexity index is 1020. The molecule has 8 nitrogen and oxygen atoms in total. The third-order valence-corrected chi connectivity index (χ3v) is 4.87. The zero-order chi connectivity index (χ0) is 19.9. The van der Waals surface area contributed by atoms with Crippen LogP contribution in [0.5, 0.6) is 11.5 Å². The zero-order valence-electron chi connectivity index (χ0n) is 15.5. The van der Waals surface area contributed by atoms with Crippen molar-refractivity contribution in [3.8, 4) is 11.5 Å². The number of carbonyl (C=O) groups is 1. The first kappa shape index (κ1) is 19.7.